The second kappa shape index (κ2) is 9.45. The van der Waals surface area contributed by atoms with Gasteiger partial charge < -0.3 is 4.90 Å². The lowest BCUT2D eigenvalue weighted by atomic mass is 9.81. The SMILES string of the molecule is [2H]C(C)(C)c1ccc(-c2ccccc2)cc1N(c1cc2c(cc1C([2H])(C)C)-c1ccccc1C2(C)C)C(C)(C)C. The first-order valence-corrected chi connectivity index (χ1v) is 13.8. The first-order valence-electron chi connectivity index (χ1n) is 14.8. The van der Waals surface area contributed by atoms with Crippen molar-refractivity contribution in [2.45, 2.75) is 85.1 Å². The minimum Gasteiger partial charge on any atom is -0.336 e. The largest absolute Gasteiger partial charge is 0.336 e. The first-order chi connectivity index (χ1) is 18.5. The van der Waals surface area contributed by atoms with E-state index in [0.717, 1.165) is 33.6 Å². The predicted molar refractivity (Wildman–Crippen MR) is 166 cm³/mol. The van der Waals surface area contributed by atoms with Crippen LogP contribution < -0.4 is 4.90 Å². The third kappa shape index (κ3) is 4.37. The summed E-state index contributed by atoms with van der Waals surface area (Å²) in [5, 5.41) is 0. The van der Waals surface area contributed by atoms with E-state index >= 15 is 0 Å². The minimum atomic E-state index is -0.830. The molecule has 0 fully saturated rings. The van der Waals surface area contributed by atoms with Crippen LogP contribution in [0, 0.1) is 0 Å². The van der Waals surface area contributed by atoms with E-state index < -0.39 is 11.8 Å². The molecule has 196 valence electrons. The van der Waals surface area contributed by atoms with Crippen LogP contribution in [-0.4, -0.2) is 5.54 Å². The number of benzene rings is 4. The van der Waals surface area contributed by atoms with Crippen molar-refractivity contribution in [2.24, 2.45) is 0 Å². The Bertz CT molecular complexity index is 1560. The van der Waals surface area contributed by atoms with E-state index in [1.807, 2.05) is 33.8 Å². The Hall–Kier alpha value is -3.32. The molecule has 1 aliphatic rings. The monoisotopic (exact) mass is 503 g/mol. The van der Waals surface area contributed by atoms with Gasteiger partial charge in [-0.05, 0) is 95.3 Å². The van der Waals surface area contributed by atoms with Gasteiger partial charge >= 0.3 is 0 Å². The zero-order valence-corrected chi connectivity index (χ0v) is 24.5. The first kappa shape index (κ1) is 23.8. The summed E-state index contributed by atoms with van der Waals surface area (Å²) in [5.41, 5.74) is 10.9. The van der Waals surface area contributed by atoms with Gasteiger partial charge in [-0.3, -0.25) is 0 Å². The second-order valence-corrected chi connectivity index (χ2v) is 12.7. The van der Waals surface area contributed by atoms with E-state index in [2.05, 4.69) is 118 Å². The van der Waals surface area contributed by atoms with Gasteiger partial charge in [0.25, 0.3) is 0 Å². The van der Waals surface area contributed by atoms with Gasteiger partial charge in [-0.25, -0.2) is 0 Å². The molecule has 0 atom stereocenters. The van der Waals surface area contributed by atoms with Crippen molar-refractivity contribution in [3.63, 3.8) is 0 Å². The molecule has 1 heteroatoms. The summed E-state index contributed by atoms with van der Waals surface area (Å²) >= 11 is 0. The molecule has 0 aromatic heterocycles. The van der Waals surface area contributed by atoms with Crippen LogP contribution in [0.3, 0.4) is 0 Å². The summed E-state index contributed by atoms with van der Waals surface area (Å²) in [6.45, 7) is 19.2. The Labute approximate surface area is 233 Å². The molecular formula is C37H43N. The topological polar surface area (TPSA) is 3.24 Å². The highest BCUT2D eigenvalue weighted by atomic mass is 15.2. The average Bonchev–Trinajstić information content (AvgIpc) is 3.08. The number of anilines is 2. The average molecular weight is 504 g/mol. The van der Waals surface area contributed by atoms with Gasteiger partial charge in [-0.1, -0.05) is 108 Å². The number of fused-ring (bicyclic) bond motifs is 3. The van der Waals surface area contributed by atoms with E-state index in [9.17, 15) is 1.37 Å². The smallest absolute Gasteiger partial charge is 0.0457 e. The standard InChI is InChI=1S/C37H43N/c1-24(2)28-20-19-27(26-15-11-10-12-16-26)21-34(28)38(36(5,6)7)35-23-33-31(22-30(35)25(3)4)29-17-13-14-18-32(29)37(33,8)9/h10-25H,1-9H3/i24D,25D. The molecule has 38 heavy (non-hydrogen) atoms. The molecule has 5 rings (SSSR count). The van der Waals surface area contributed by atoms with Crippen LogP contribution in [0.5, 0.6) is 0 Å². The molecule has 0 radical (unpaired) electrons. The van der Waals surface area contributed by atoms with Crippen molar-refractivity contribution in [3.05, 3.63) is 107 Å². The minimum absolute atomic E-state index is 0.154. The van der Waals surface area contributed by atoms with Crippen molar-refractivity contribution in [2.75, 3.05) is 4.90 Å². The lowest BCUT2D eigenvalue weighted by molar-refractivity contribution is 0.554. The van der Waals surface area contributed by atoms with Crippen LogP contribution in [0.2, 0.25) is 0 Å². The Morgan fingerprint density at radius 1 is 0.632 bits per heavy atom. The predicted octanol–water partition coefficient (Wildman–Crippen LogP) is 10.8. The zero-order chi connectivity index (χ0) is 29.3. The van der Waals surface area contributed by atoms with Gasteiger partial charge in [0.1, 0.15) is 0 Å². The van der Waals surface area contributed by atoms with E-state index in [1.165, 1.54) is 22.3 Å². The molecule has 0 aliphatic heterocycles. The van der Waals surface area contributed by atoms with Crippen molar-refractivity contribution >= 4 is 11.4 Å². The van der Waals surface area contributed by atoms with Crippen LogP contribution in [0.25, 0.3) is 22.3 Å². The summed E-state index contributed by atoms with van der Waals surface area (Å²) in [4.78, 5) is 2.40. The van der Waals surface area contributed by atoms with Gasteiger partial charge in [0.05, 0.1) is 0 Å². The summed E-state index contributed by atoms with van der Waals surface area (Å²) < 4.78 is 18.4. The van der Waals surface area contributed by atoms with E-state index in [-0.39, 0.29) is 11.0 Å². The van der Waals surface area contributed by atoms with Gasteiger partial charge in [0.15, 0.2) is 0 Å². The summed E-state index contributed by atoms with van der Waals surface area (Å²) in [6, 6.07) is 30.3. The normalized spacial score (nSPS) is 15.4. The van der Waals surface area contributed by atoms with Crippen LogP contribution in [0.15, 0.2) is 84.9 Å². The summed E-state index contributed by atoms with van der Waals surface area (Å²) in [5.74, 6) is -1.64. The van der Waals surface area contributed by atoms with Gasteiger partial charge in [0.2, 0.25) is 0 Å². The fourth-order valence-electron chi connectivity index (χ4n) is 6.12. The molecule has 1 aliphatic carbocycles. The number of nitrogens with zero attached hydrogens (tertiary/aromatic N) is 1. The zero-order valence-electron chi connectivity index (χ0n) is 26.5. The summed E-state index contributed by atoms with van der Waals surface area (Å²) in [6.07, 6.45) is 0. The molecule has 0 bridgehead atoms. The Balaban J connectivity index is 1.86. The van der Waals surface area contributed by atoms with Crippen LogP contribution >= 0.6 is 0 Å². The summed E-state index contributed by atoms with van der Waals surface area (Å²) in [7, 11) is 0. The van der Waals surface area contributed by atoms with E-state index in [1.54, 1.807) is 0 Å². The lowest BCUT2D eigenvalue weighted by Crippen LogP contribution is -2.39. The van der Waals surface area contributed by atoms with Crippen molar-refractivity contribution < 1.29 is 2.74 Å². The number of hydrogen-bond donors (Lipinski definition) is 0. The van der Waals surface area contributed by atoms with E-state index in [0.29, 0.717) is 0 Å². The molecule has 4 aromatic carbocycles. The molecule has 0 N–H and O–H groups in total. The number of hydrogen-bond acceptors (Lipinski definition) is 1. The van der Waals surface area contributed by atoms with Gasteiger partial charge in [-0.2, -0.15) is 0 Å². The highest BCUT2D eigenvalue weighted by Crippen LogP contribution is 2.53. The number of rotatable bonds is 5. The van der Waals surface area contributed by atoms with Crippen molar-refractivity contribution in [1.82, 2.24) is 0 Å². The third-order valence-corrected chi connectivity index (χ3v) is 8.03. The van der Waals surface area contributed by atoms with Gasteiger partial charge in [-0.15, -0.1) is 0 Å². The maximum Gasteiger partial charge on any atom is 0.0457 e. The Morgan fingerprint density at radius 2 is 1.24 bits per heavy atom. The molecular weight excluding hydrogens is 458 g/mol. The highest BCUT2D eigenvalue weighted by Gasteiger charge is 2.38. The highest BCUT2D eigenvalue weighted by molar-refractivity contribution is 5.86. The molecule has 0 unspecified atom stereocenters. The Kier molecular flexibility index (Phi) is 5.91. The fraction of sp³-hybridized carbons (Fsp3) is 0.351. The van der Waals surface area contributed by atoms with Crippen LogP contribution in [-0.2, 0) is 5.41 Å². The van der Waals surface area contributed by atoms with Crippen molar-refractivity contribution in [3.8, 4) is 22.3 Å². The molecule has 0 spiro atoms. The maximum atomic E-state index is 9.31. The maximum absolute atomic E-state index is 9.31. The molecule has 1 nitrogen and oxygen atoms in total. The van der Waals surface area contributed by atoms with Crippen LogP contribution in [0.4, 0.5) is 11.4 Å². The molecule has 0 saturated heterocycles. The quantitative estimate of drug-likeness (QED) is 0.262. The van der Waals surface area contributed by atoms with Gasteiger partial charge in [0, 0.05) is 25.1 Å². The molecule has 0 saturated carbocycles. The van der Waals surface area contributed by atoms with Crippen molar-refractivity contribution in [1.29, 1.82) is 0 Å². The molecule has 0 amide bonds. The third-order valence-electron chi connectivity index (χ3n) is 8.03. The lowest BCUT2D eigenvalue weighted by Gasteiger charge is -2.42. The molecule has 4 aromatic rings. The second-order valence-electron chi connectivity index (χ2n) is 12.7. The van der Waals surface area contributed by atoms with Crippen LogP contribution in [0.1, 0.15) is 99.1 Å². The Morgan fingerprint density at radius 3 is 1.87 bits per heavy atom. The molecule has 0 heterocycles. The fourth-order valence-corrected chi connectivity index (χ4v) is 6.12. The van der Waals surface area contributed by atoms with E-state index in [4.69, 9.17) is 1.37 Å².